The number of hydrogen-bond donors (Lipinski definition) is 0. The predicted molar refractivity (Wildman–Crippen MR) is 68.7 cm³/mol. The van der Waals surface area contributed by atoms with Crippen LogP contribution in [-0.4, -0.2) is 5.78 Å². The van der Waals surface area contributed by atoms with Crippen molar-refractivity contribution in [1.82, 2.24) is 0 Å². The third kappa shape index (κ3) is 2.44. The van der Waals surface area contributed by atoms with Crippen molar-refractivity contribution in [3.8, 4) is 0 Å². The van der Waals surface area contributed by atoms with Gasteiger partial charge in [-0.2, -0.15) is 0 Å². The van der Waals surface area contributed by atoms with Gasteiger partial charge in [-0.15, -0.1) is 0 Å². The molecule has 3 heteroatoms. The van der Waals surface area contributed by atoms with Crippen LogP contribution in [0.25, 0.3) is 0 Å². The predicted octanol–water partition coefficient (Wildman–Crippen LogP) is 4.13. The first-order valence-electron chi connectivity index (χ1n) is 5.15. The third-order valence-corrected chi connectivity index (χ3v) is 3.48. The minimum Gasteiger partial charge on any atom is -0.289 e. The van der Waals surface area contributed by atoms with Crippen molar-refractivity contribution in [3.63, 3.8) is 0 Å². The second kappa shape index (κ2) is 4.80. The van der Waals surface area contributed by atoms with E-state index in [4.69, 9.17) is 0 Å². The van der Waals surface area contributed by atoms with E-state index in [9.17, 15) is 9.18 Å². The standard InChI is InChI=1S/C14H10BrFO/c1-9-12(3-2-4-13(9)15)14(17)10-5-7-11(16)8-6-10/h2-8H,1H3. The van der Waals surface area contributed by atoms with E-state index in [-0.39, 0.29) is 11.6 Å². The van der Waals surface area contributed by atoms with Gasteiger partial charge >= 0.3 is 0 Å². The molecule has 0 aliphatic carbocycles. The lowest BCUT2D eigenvalue weighted by molar-refractivity contribution is 0.103. The number of hydrogen-bond acceptors (Lipinski definition) is 1. The largest absolute Gasteiger partial charge is 0.289 e. The second-order valence-electron chi connectivity index (χ2n) is 3.75. The van der Waals surface area contributed by atoms with E-state index in [2.05, 4.69) is 15.9 Å². The molecule has 0 aliphatic heterocycles. The number of carbonyl (C=O) groups is 1. The summed E-state index contributed by atoms with van der Waals surface area (Å²) in [5.74, 6) is -0.434. The van der Waals surface area contributed by atoms with Crippen LogP contribution in [0.1, 0.15) is 21.5 Å². The van der Waals surface area contributed by atoms with Gasteiger partial charge in [0.05, 0.1) is 0 Å². The Morgan fingerprint density at radius 2 is 1.76 bits per heavy atom. The van der Waals surface area contributed by atoms with Crippen molar-refractivity contribution in [2.75, 3.05) is 0 Å². The van der Waals surface area contributed by atoms with Crippen LogP contribution in [0, 0.1) is 12.7 Å². The van der Waals surface area contributed by atoms with Gasteiger partial charge in [-0.25, -0.2) is 4.39 Å². The SMILES string of the molecule is Cc1c(Br)cccc1C(=O)c1ccc(F)cc1. The molecule has 0 N–H and O–H groups in total. The fourth-order valence-corrected chi connectivity index (χ4v) is 1.98. The number of benzene rings is 2. The van der Waals surface area contributed by atoms with Crippen LogP contribution < -0.4 is 0 Å². The molecule has 17 heavy (non-hydrogen) atoms. The average Bonchev–Trinajstić information content (AvgIpc) is 2.33. The van der Waals surface area contributed by atoms with E-state index >= 15 is 0 Å². The molecule has 2 aromatic rings. The summed E-state index contributed by atoms with van der Waals surface area (Å²) < 4.78 is 13.7. The minimum atomic E-state index is -0.340. The number of carbonyl (C=O) groups excluding carboxylic acids is 1. The van der Waals surface area contributed by atoms with E-state index in [1.807, 2.05) is 19.1 Å². The highest BCUT2D eigenvalue weighted by Gasteiger charge is 2.12. The van der Waals surface area contributed by atoms with Crippen molar-refractivity contribution >= 4 is 21.7 Å². The van der Waals surface area contributed by atoms with Crippen molar-refractivity contribution in [2.24, 2.45) is 0 Å². The smallest absolute Gasteiger partial charge is 0.193 e. The molecule has 2 aromatic carbocycles. The molecule has 0 fully saturated rings. The van der Waals surface area contributed by atoms with Crippen molar-refractivity contribution in [1.29, 1.82) is 0 Å². The summed E-state index contributed by atoms with van der Waals surface area (Å²) in [4.78, 5) is 12.2. The number of halogens is 2. The Kier molecular flexibility index (Phi) is 3.38. The molecule has 0 atom stereocenters. The molecule has 86 valence electrons. The van der Waals surface area contributed by atoms with E-state index < -0.39 is 0 Å². The lowest BCUT2D eigenvalue weighted by Crippen LogP contribution is -2.03. The summed E-state index contributed by atoms with van der Waals surface area (Å²) in [6.07, 6.45) is 0. The summed E-state index contributed by atoms with van der Waals surface area (Å²) >= 11 is 3.39. The zero-order chi connectivity index (χ0) is 12.4. The Hall–Kier alpha value is -1.48. The molecule has 0 aliphatic rings. The van der Waals surface area contributed by atoms with Crippen LogP contribution in [0.4, 0.5) is 4.39 Å². The molecular weight excluding hydrogens is 283 g/mol. The normalized spacial score (nSPS) is 10.3. The first-order chi connectivity index (χ1) is 8.09. The Morgan fingerprint density at radius 1 is 1.12 bits per heavy atom. The van der Waals surface area contributed by atoms with Gasteiger partial charge in [-0.3, -0.25) is 4.79 Å². The summed E-state index contributed by atoms with van der Waals surface area (Å²) in [5, 5.41) is 0. The third-order valence-electron chi connectivity index (χ3n) is 2.62. The first-order valence-corrected chi connectivity index (χ1v) is 5.94. The van der Waals surface area contributed by atoms with Gasteiger partial charge < -0.3 is 0 Å². The fraction of sp³-hybridized carbons (Fsp3) is 0.0714. The van der Waals surface area contributed by atoms with Crippen LogP contribution in [0.5, 0.6) is 0 Å². The summed E-state index contributed by atoms with van der Waals surface area (Å²) in [6.45, 7) is 1.88. The first kappa shape index (κ1) is 12.0. The van der Waals surface area contributed by atoms with E-state index in [1.165, 1.54) is 24.3 Å². The molecule has 0 amide bonds. The zero-order valence-electron chi connectivity index (χ0n) is 9.21. The molecule has 0 radical (unpaired) electrons. The van der Waals surface area contributed by atoms with Gasteiger partial charge in [0.15, 0.2) is 5.78 Å². The molecule has 0 bridgehead atoms. The molecule has 2 rings (SSSR count). The van der Waals surface area contributed by atoms with Crippen molar-refractivity contribution in [3.05, 3.63) is 69.4 Å². The Morgan fingerprint density at radius 3 is 2.41 bits per heavy atom. The lowest BCUT2D eigenvalue weighted by Gasteiger charge is -2.06. The molecule has 0 saturated heterocycles. The van der Waals surface area contributed by atoms with Crippen LogP contribution >= 0.6 is 15.9 Å². The number of ketones is 1. The van der Waals surface area contributed by atoms with Crippen molar-refractivity contribution < 1.29 is 9.18 Å². The fourth-order valence-electron chi connectivity index (χ4n) is 1.61. The Balaban J connectivity index is 2.44. The average molecular weight is 293 g/mol. The summed E-state index contributed by atoms with van der Waals surface area (Å²) in [5.41, 5.74) is 2.01. The highest BCUT2D eigenvalue weighted by molar-refractivity contribution is 9.10. The van der Waals surface area contributed by atoms with E-state index in [0.717, 1.165) is 10.0 Å². The van der Waals surface area contributed by atoms with Gasteiger partial charge in [0.1, 0.15) is 5.82 Å². The quantitative estimate of drug-likeness (QED) is 0.761. The van der Waals surface area contributed by atoms with Crippen LogP contribution in [0.3, 0.4) is 0 Å². The lowest BCUT2D eigenvalue weighted by atomic mass is 9.99. The van der Waals surface area contributed by atoms with Crippen LogP contribution in [0.2, 0.25) is 0 Å². The molecule has 0 unspecified atom stereocenters. The van der Waals surface area contributed by atoms with E-state index in [0.29, 0.717) is 11.1 Å². The van der Waals surface area contributed by atoms with Gasteiger partial charge in [-0.05, 0) is 42.8 Å². The summed E-state index contributed by atoms with van der Waals surface area (Å²) in [7, 11) is 0. The van der Waals surface area contributed by atoms with Gasteiger partial charge in [0.25, 0.3) is 0 Å². The molecule has 0 heterocycles. The topological polar surface area (TPSA) is 17.1 Å². The highest BCUT2D eigenvalue weighted by Crippen LogP contribution is 2.22. The zero-order valence-corrected chi connectivity index (χ0v) is 10.8. The molecular formula is C14H10BrFO. The monoisotopic (exact) mass is 292 g/mol. The van der Waals surface area contributed by atoms with Crippen LogP contribution in [-0.2, 0) is 0 Å². The van der Waals surface area contributed by atoms with Gasteiger partial charge in [-0.1, -0.05) is 28.1 Å². The number of rotatable bonds is 2. The van der Waals surface area contributed by atoms with E-state index in [1.54, 1.807) is 6.07 Å². The van der Waals surface area contributed by atoms with Crippen LogP contribution in [0.15, 0.2) is 46.9 Å². The Bertz CT molecular complexity index is 561. The van der Waals surface area contributed by atoms with Gasteiger partial charge in [0.2, 0.25) is 0 Å². The minimum absolute atomic E-state index is 0.0937. The maximum Gasteiger partial charge on any atom is 0.193 e. The Labute approximate surface area is 107 Å². The maximum atomic E-state index is 12.8. The summed E-state index contributed by atoms with van der Waals surface area (Å²) in [6, 6.07) is 11.0. The molecule has 0 aromatic heterocycles. The maximum absolute atomic E-state index is 12.8. The molecule has 0 spiro atoms. The highest BCUT2D eigenvalue weighted by atomic mass is 79.9. The molecule has 1 nitrogen and oxygen atoms in total. The van der Waals surface area contributed by atoms with Crippen molar-refractivity contribution in [2.45, 2.75) is 6.92 Å². The second-order valence-corrected chi connectivity index (χ2v) is 4.60. The molecule has 0 saturated carbocycles. The van der Waals surface area contributed by atoms with Gasteiger partial charge in [0, 0.05) is 15.6 Å².